The quantitative estimate of drug-likeness (QED) is 0.567. The molecule has 1 N–H and O–H groups in total. The molecule has 2 aromatic heterocycles. The summed E-state index contributed by atoms with van der Waals surface area (Å²) in [6, 6.07) is 20.0. The van der Waals surface area contributed by atoms with Gasteiger partial charge in [0.2, 0.25) is 0 Å². The molecule has 0 unspecified atom stereocenters. The van der Waals surface area contributed by atoms with E-state index < -0.39 is 0 Å². The van der Waals surface area contributed by atoms with Crippen LogP contribution in [0, 0.1) is 0 Å². The summed E-state index contributed by atoms with van der Waals surface area (Å²) in [5.41, 5.74) is 2.13. The minimum atomic E-state index is 0. The predicted octanol–water partition coefficient (Wildman–Crippen LogP) is -2.36. The van der Waals surface area contributed by atoms with Crippen LogP contribution in [0.15, 0.2) is 71.3 Å². The molecule has 0 saturated heterocycles. The normalized spacial score (nSPS) is 9.64. The van der Waals surface area contributed by atoms with Crippen LogP contribution < -0.4 is 30.1 Å². The van der Waals surface area contributed by atoms with Gasteiger partial charge in [-0.25, -0.2) is 0 Å². The zero-order valence-corrected chi connectivity index (χ0v) is 13.4. The molecule has 0 aliphatic heterocycles. The van der Waals surface area contributed by atoms with Crippen LogP contribution in [0.25, 0.3) is 11.3 Å². The van der Waals surface area contributed by atoms with Crippen LogP contribution in [0.4, 0.5) is 0 Å². The van der Waals surface area contributed by atoms with Crippen molar-refractivity contribution in [3.05, 3.63) is 78.3 Å². The third kappa shape index (κ3) is 4.88. The number of rotatable bonds is 5. The second-order valence-corrected chi connectivity index (χ2v) is 4.56. The highest BCUT2D eigenvalue weighted by atomic mass is 35.5. The Bertz CT molecular complexity index is 657. The van der Waals surface area contributed by atoms with E-state index in [4.69, 9.17) is 4.42 Å². The van der Waals surface area contributed by atoms with Crippen molar-refractivity contribution >= 4 is 0 Å². The van der Waals surface area contributed by atoms with Gasteiger partial charge in [0.1, 0.15) is 11.5 Å². The van der Waals surface area contributed by atoms with Crippen LogP contribution >= 0.6 is 0 Å². The van der Waals surface area contributed by atoms with Gasteiger partial charge in [0.05, 0.1) is 12.2 Å². The second-order valence-electron chi connectivity index (χ2n) is 4.56. The molecule has 0 saturated carbocycles. The van der Waals surface area contributed by atoms with Gasteiger partial charge in [0.15, 0.2) is 0 Å². The predicted molar refractivity (Wildman–Crippen MR) is 78.9 cm³/mol. The van der Waals surface area contributed by atoms with Crippen molar-refractivity contribution < 1.29 is 29.2 Å². The molecule has 0 bridgehead atoms. The highest BCUT2D eigenvalue weighted by molar-refractivity contribution is 5.57. The van der Waals surface area contributed by atoms with E-state index in [2.05, 4.69) is 10.3 Å². The first kappa shape index (κ1) is 18.2. The van der Waals surface area contributed by atoms with Crippen LogP contribution in [0.2, 0.25) is 0 Å². The maximum Gasteiger partial charge on any atom is 0.134 e. The number of hydrogen-bond donors (Lipinski definition) is 1. The zero-order chi connectivity index (χ0) is 13.6. The van der Waals surface area contributed by atoms with Gasteiger partial charge in [-0.2, -0.15) is 0 Å². The Balaban J connectivity index is 0.00000121. The van der Waals surface area contributed by atoms with Crippen molar-refractivity contribution in [2.24, 2.45) is 0 Å². The van der Waals surface area contributed by atoms with E-state index in [1.54, 1.807) is 6.20 Å². The lowest BCUT2D eigenvalue weighted by Gasteiger charge is -2.02. The van der Waals surface area contributed by atoms with Crippen LogP contribution in [0.3, 0.4) is 0 Å². The Labute approximate surface area is 142 Å². The fraction of sp³-hybridized carbons (Fsp3) is 0.118. The molecule has 0 spiro atoms. The van der Waals surface area contributed by atoms with Gasteiger partial charge in [-0.15, -0.1) is 0 Å². The minimum absolute atomic E-state index is 0. The lowest BCUT2D eigenvalue weighted by molar-refractivity contribution is -0.001000. The van der Waals surface area contributed by atoms with Gasteiger partial charge in [-0.05, 0) is 24.3 Å². The van der Waals surface area contributed by atoms with Crippen molar-refractivity contribution in [1.82, 2.24) is 10.3 Å². The summed E-state index contributed by atoms with van der Waals surface area (Å²) in [7, 11) is 0. The average Bonchev–Trinajstić information content (AvgIpc) is 2.98. The number of benzene rings is 1. The molecule has 3 rings (SSSR count). The molecule has 0 fully saturated rings. The fourth-order valence-corrected chi connectivity index (χ4v) is 2.05. The van der Waals surface area contributed by atoms with E-state index in [0.29, 0.717) is 6.54 Å². The molecule has 22 heavy (non-hydrogen) atoms. The third-order valence-corrected chi connectivity index (χ3v) is 3.05. The summed E-state index contributed by atoms with van der Waals surface area (Å²) in [4.78, 5) is 4.27. The van der Waals surface area contributed by atoms with Crippen LogP contribution in [0.5, 0.6) is 0 Å². The Kier molecular flexibility index (Phi) is 7.67. The molecule has 0 atom stereocenters. The van der Waals surface area contributed by atoms with Gasteiger partial charge in [0, 0.05) is 18.3 Å². The summed E-state index contributed by atoms with van der Waals surface area (Å²) in [5.74, 6) is 1.83. The third-order valence-electron chi connectivity index (χ3n) is 3.05. The zero-order valence-electron chi connectivity index (χ0n) is 11.9. The summed E-state index contributed by atoms with van der Waals surface area (Å²) < 4.78 is 5.82. The molecule has 3 aromatic rings. The van der Waals surface area contributed by atoms with Crippen molar-refractivity contribution in [2.45, 2.75) is 13.1 Å². The molecule has 116 valence electrons. The molecule has 3 nitrogen and oxygen atoms in total. The minimum Gasteiger partial charge on any atom is -1.00 e. The number of furan rings is 1. The standard InChI is InChI=1S/C17H16N2O.2ClH/c1-2-6-14(7-3-1)17-10-9-16(20-17)13-18-12-15-8-4-5-11-19-15;;/h1-11,18H,12-13H2;2*1H/p-2. The lowest BCUT2D eigenvalue weighted by atomic mass is 10.2. The van der Waals surface area contributed by atoms with Crippen molar-refractivity contribution in [1.29, 1.82) is 0 Å². The first-order valence-corrected chi connectivity index (χ1v) is 6.66. The van der Waals surface area contributed by atoms with E-state index in [-0.39, 0.29) is 24.8 Å². The first-order chi connectivity index (χ1) is 9.92. The number of aromatic nitrogens is 1. The van der Waals surface area contributed by atoms with Gasteiger partial charge in [-0.1, -0.05) is 36.4 Å². The van der Waals surface area contributed by atoms with Gasteiger partial charge < -0.3 is 34.5 Å². The maximum atomic E-state index is 5.82. The van der Waals surface area contributed by atoms with Crippen LogP contribution in [0.1, 0.15) is 11.5 Å². The topological polar surface area (TPSA) is 38.1 Å². The number of nitrogens with one attached hydrogen (secondary N) is 1. The van der Waals surface area contributed by atoms with E-state index in [0.717, 1.165) is 29.3 Å². The van der Waals surface area contributed by atoms with E-state index in [1.807, 2.05) is 60.7 Å². The number of nitrogens with zero attached hydrogens (tertiary/aromatic N) is 1. The molecule has 0 amide bonds. The molecular formula is C17H16Cl2N2O-2. The Morgan fingerprint density at radius 3 is 2.32 bits per heavy atom. The number of halogens is 2. The van der Waals surface area contributed by atoms with Crippen LogP contribution in [-0.2, 0) is 13.1 Å². The maximum absolute atomic E-state index is 5.82. The summed E-state index contributed by atoms with van der Waals surface area (Å²) in [6.07, 6.45) is 1.80. The SMILES string of the molecule is [Cl-].[Cl-].c1ccc(-c2ccc(CNCc3ccccn3)o2)cc1. The number of pyridine rings is 1. The smallest absolute Gasteiger partial charge is 0.134 e. The fourth-order valence-electron chi connectivity index (χ4n) is 2.05. The Morgan fingerprint density at radius 2 is 1.59 bits per heavy atom. The largest absolute Gasteiger partial charge is 1.00 e. The summed E-state index contributed by atoms with van der Waals surface area (Å²) in [6.45, 7) is 1.44. The van der Waals surface area contributed by atoms with Gasteiger partial charge in [-0.3, -0.25) is 4.98 Å². The van der Waals surface area contributed by atoms with Crippen molar-refractivity contribution in [3.63, 3.8) is 0 Å². The highest BCUT2D eigenvalue weighted by Gasteiger charge is 2.04. The average molecular weight is 335 g/mol. The van der Waals surface area contributed by atoms with Crippen LogP contribution in [-0.4, -0.2) is 4.98 Å². The monoisotopic (exact) mass is 334 g/mol. The van der Waals surface area contributed by atoms with Gasteiger partial charge in [0.25, 0.3) is 0 Å². The molecule has 5 heteroatoms. The molecular weight excluding hydrogens is 319 g/mol. The van der Waals surface area contributed by atoms with E-state index in [9.17, 15) is 0 Å². The molecule has 0 radical (unpaired) electrons. The molecule has 0 aliphatic carbocycles. The Morgan fingerprint density at radius 1 is 0.818 bits per heavy atom. The number of hydrogen-bond acceptors (Lipinski definition) is 3. The van der Waals surface area contributed by atoms with Crippen molar-refractivity contribution in [2.75, 3.05) is 0 Å². The Hall–Kier alpha value is -1.81. The van der Waals surface area contributed by atoms with E-state index >= 15 is 0 Å². The summed E-state index contributed by atoms with van der Waals surface area (Å²) in [5, 5.41) is 3.33. The van der Waals surface area contributed by atoms with Gasteiger partial charge >= 0.3 is 0 Å². The molecule has 0 aliphatic rings. The van der Waals surface area contributed by atoms with Crippen molar-refractivity contribution in [3.8, 4) is 11.3 Å². The highest BCUT2D eigenvalue weighted by Crippen LogP contribution is 2.21. The molecule has 2 heterocycles. The second kappa shape index (κ2) is 9.26. The first-order valence-electron chi connectivity index (χ1n) is 6.66. The lowest BCUT2D eigenvalue weighted by Crippen LogP contribution is -3.00. The summed E-state index contributed by atoms with van der Waals surface area (Å²) >= 11 is 0. The van der Waals surface area contributed by atoms with E-state index in [1.165, 1.54) is 0 Å². The molecule has 1 aromatic carbocycles.